The van der Waals surface area contributed by atoms with Gasteiger partial charge in [-0.2, -0.15) is 4.31 Å². The lowest BCUT2D eigenvalue weighted by Crippen LogP contribution is -2.34. The van der Waals surface area contributed by atoms with Crippen LogP contribution in [0.25, 0.3) is 0 Å². The number of hydrogen-bond donors (Lipinski definition) is 2. The molecule has 5 rings (SSSR count). The molecule has 3 amide bonds. The first kappa shape index (κ1) is 28.9. The number of nitrogens with zero attached hydrogens (tertiary/aromatic N) is 2. The van der Waals surface area contributed by atoms with Gasteiger partial charge in [-0.15, -0.1) is 11.3 Å². The number of benzene rings is 2. The third kappa shape index (κ3) is 6.51. The van der Waals surface area contributed by atoms with E-state index in [2.05, 4.69) is 27.7 Å². The van der Waals surface area contributed by atoms with E-state index < -0.39 is 27.9 Å². The molecule has 2 aliphatic rings. The van der Waals surface area contributed by atoms with Crippen LogP contribution in [0.1, 0.15) is 56.5 Å². The van der Waals surface area contributed by atoms with Gasteiger partial charge in [-0.3, -0.25) is 19.8 Å². The molecule has 2 aliphatic heterocycles. The molecule has 0 unspecified atom stereocenters. The minimum atomic E-state index is -3.60. The Labute approximate surface area is 243 Å². The lowest BCUT2D eigenvalue weighted by atomic mass is 10.0. The predicted octanol–water partition coefficient (Wildman–Crippen LogP) is 4.23. The number of nitrogens with one attached hydrogen (secondary N) is 2. The normalized spacial score (nSPS) is 15.7. The van der Waals surface area contributed by atoms with Gasteiger partial charge in [-0.1, -0.05) is 30.3 Å². The standard InChI is InChI=1S/C29H32N4O6S2/c1-2-39-29(36)31-27(35)25-23-14-17-32(18-20-8-4-3-5-9-20)19-24(23)40-28(25)30-26(34)21-10-12-22(13-11-21)41(37,38)33-15-6-7-16-33/h3-5,8-13H,2,6-7,14-19H2,1H3,(H,30,34)(H,31,35,36). The first-order chi connectivity index (χ1) is 19.8. The molecule has 0 bridgehead atoms. The van der Waals surface area contributed by atoms with Crippen molar-refractivity contribution in [2.45, 2.75) is 44.2 Å². The maximum absolute atomic E-state index is 13.3. The van der Waals surface area contributed by atoms with Gasteiger partial charge in [0, 0.05) is 43.2 Å². The molecule has 2 N–H and O–H groups in total. The number of imide groups is 1. The third-order valence-electron chi connectivity index (χ3n) is 7.15. The Kier molecular flexibility index (Phi) is 8.83. The summed E-state index contributed by atoms with van der Waals surface area (Å²) < 4.78 is 32.1. The summed E-state index contributed by atoms with van der Waals surface area (Å²) in [7, 11) is -3.60. The molecule has 3 aromatic rings. The number of rotatable bonds is 8. The van der Waals surface area contributed by atoms with Crippen molar-refractivity contribution in [3.63, 3.8) is 0 Å². The van der Waals surface area contributed by atoms with Gasteiger partial charge >= 0.3 is 6.09 Å². The third-order valence-corrected chi connectivity index (χ3v) is 10.2. The molecule has 0 saturated carbocycles. The van der Waals surface area contributed by atoms with Crippen LogP contribution in [0.15, 0.2) is 59.5 Å². The van der Waals surface area contributed by atoms with Gasteiger partial charge in [0.15, 0.2) is 0 Å². The highest BCUT2D eigenvalue weighted by atomic mass is 32.2. The van der Waals surface area contributed by atoms with Crippen LogP contribution in [0.3, 0.4) is 0 Å². The van der Waals surface area contributed by atoms with Crippen molar-refractivity contribution in [2.75, 3.05) is 31.6 Å². The highest BCUT2D eigenvalue weighted by molar-refractivity contribution is 7.89. The van der Waals surface area contributed by atoms with Crippen molar-refractivity contribution in [3.8, 4) is 0 Å². The van der Waals surface area contributed by atoms with E-state index in [-0.39, 0.29) is 22.6 Å². The quantitative estimate of drug-likeness (QED) is 0.399. The first-order valence-electron chi connectivity index (χ1n) is 13.6. The molecule has 0 atom stereocenters. The molecule has 216 valence electrons. The van der Waals surface area contributed by atoms with Crippen LogP contribution < -0.4 is 10.6 Å². The van der Waals surface area contributed by atoms with Crippen LogP contribution in [-0.4, -0.2) is 61.8 Å². The average molecular weight is 597 g/mol. The number of alkyl carbamates (subject to hydrolysis) is 1. The number of thiophene rings is 1. The van der Waals surface area contributed by atoms with Gasteiger partial charge in [-0.05, 0) is 61.6 Å². The van der Waals surface area contributed by atoms with Crippen LogP contribution in [0.5, 0.6) is 0 Å². The number of carbonyl (C=O) groups excluding carboxylic acids is 3. The number of carbonyl (C=O) groups is 3. The van der Waals surface area contributed by atoms with Crippen LogP contribution in [0.4, 0.5) is 9.80 Å². The van der Waals surface area contributed by atoms with E-state index in [0.717, 1.165) is 29.8 Å². The lowest BCUT2D eigenvalue weighted by molar-refractivity contribution is 0.0924. The molecule has 12 heteroatoms. The Balaban J connectivity index is 1.37. The molecule has 0 spiro atoms. The summed E-state index contributed by atoms with van der Waals surface area (Å²) in [5, 5.41) is 5.43. The average Bonchev–Trinajstić information content (AvgIpc) is 3.62. The summed E-state index contributed by atoms with van der Waals surface area (Å²) in [5.74, 6) is -1.13. The number of hydrogen-bond acceptors (Lipinski definition) is 8. The molecule has 0 aliphatic carbocycles. The zero-order chi connectivity index (χ0) is 29.0. The summed E-state index contributed by atoms with van der Waals surface area (Å²) >= 11 is 1.30. The van der Waals surface area contributed by atoms with E-state index in [1.165, 1.54) is 45.5 Å². The predicted molar refractivity (Wildman–Crippen MR) is 155 cm³/mol. The second-order valence-corrected chi connectivity index (χ2v) is 13.0. The Hall–Kier alpha value is -3.58. The van der Waals surface area contributed by atoms with Gasteiger partial charge in [0.1, 0.15) is 5.00 Å². The van der Waals surface area contributed by atoms with Gasteiger partial charge in [0.2, 0.25) is 10.0 Å². The second-order valence-electron chi connectivity index (χ2n) is 9.92. The van der Waals surface area contributed by atoms with E-state index in [9.17, 15) is 22.8 Å². The van der Waals surface area contributed by atoms with Crippen molar-refractivity contribution in [3.05, 3.63) is 81.7 Å². The van der Waals surface area contributed by atoms with Crippen LogP contribution in [0, 0.1) is 0 Å². The maximum Gasteiger partial charge on any atom is 0.414 e. The minimum absolute atomic E-state index is 0.113. The lowest BCUT2D eigenvalue weighted by Gasteiger charge is -2.27. The molecular formula is C29H32N4O6S2. The van der Waals surface area contributed by atoms with Crippen LogP contribution >= 0.6 is 11.3 Å². The Morgan fingerprint density at radius 2 is 1.66 bits per heavy atom. The zero-order valence-electron chi connectivity index (χ0n) is 22.7. The van der Waals surface area contributed by atoms with E-state index in [1.54, 1.807) is 6.92 Å². The summed E-state index contributed by atoms with van der Waals surface area (Å²) in [4.78, 5) is 41.8. The fraction of sp³-hybridized carbons (Fsp3) is 0.345. The summed E-state index contributed by atoms with van der Waals surface area (Å²) in [6.07, 6.45) is 1.38. The Morgan fingerprint density at radius 3 is 2.34 bits per heavy atom. The smallest absolute Gasteiger partial charge is 0.414 e. The number of fused-ring (bicyclic) bond motifs is 1. The molecule has 2 aromatic carbocycles. The second kappa shape index (κ2) is 12.5. The minimum Gasteiger partial charge on any atom is -0.450 e. The molecule has 10 nitrogen and oxygen atoms in total. The topological polar surface area (TPSA) is 125 Å². The largest absolute Gasteiger partial charge is 0.450 e. The molecular weight excluding hydrogens is 564 g/mol. The number of sulfonamides is 1. The maximum atomic E-state index is 13.3. The molecule has 1 saturated heterocycles. The summed E-state index contributed by atoms with van der Waals surface area (Å²) in [6.45, 7) is 4.79. The Morgan fingerprint density at radius 1 is 0.951 bits per heavy atom. The fourth-order valence-electron chi connectivity index (χ4n) is 5.11. The van der Waals surface area contributed by atoms with Gasteiger partial charge in [0.05, 0.1) is 17.1 Å². The SMILES string of the molecule is CCOC(=O)NC(=O)c1c(NC(=O)c2ccc(S(=O)(=O)N3CCCC3)cc2)sc2c1CCN(Cc1ccccc1)C2. The van der Waals surface area contributed by atoms with Crippen LogP contribution in [0.2, 0.25) is 0 Å². The number of ether oxygens (including phenoxy) is 1. The summed E-state index contributed by atoms with van der Waals surface area (Å²) in [5.41, 5.74) is 2.47. The zero-order valence-corrected chi connectivity index (χ0v) is 24.4. The van der Waals surface area contributed by atoms with Crippen molar-refractivity contribution in [1.82, 2.24) is 14.5 Å². The first-order valence-corrected chi connectivity index (χ1v) is 15.8. The Bertz CT molecular complexity index is 1530. The molecule has 41 heavy (non-hydrogen) atoms. The molecule has 3 heterocycles. The van der Waals surface area contributed by atoms with Crippen molar-refractivity contribution < 1.29 is 27.5 Å². The van der Waals surface area contributed by atoms with Crippen molar-refractivity contribution in [1.29, 1.82) is 0 Å². The molecule has 0 radical (unpaired) electrons. The van der Waals surface area contributed by atoms with Gasteiger partial charge < -0.3 is 10.1 Å². The van der Waals surface area contributed by atoms with Crippen molar-refractivity contribution >= 4 is 44.3 Å². The molecule has 1 fully saturated rings. The van der Waals surface area contributed by atoms with E-state index in [4.69, 9.17) is 4.74 Å². The van der Waals surface area contributed by atoms with Crippen molar-refractivity contribution in [2.24, 2.45) is 0 Å². The molecule has 1 aromatic heterocycles. The fourth-order valence-corrected chi connectivity index (χ4v) is 7.91. The van der Waals surface area contributed by atoms with Gasteiger partial charge in [0.25, 0.3) is 11.8 Å². The van der Waals surface area contributed by atoms with Crippen LogP contribution in [-0.2, 0) is 34.3 Å². The monoisotopic (exact) mass is 596 g/mol. The van der Waals surface area contributed by atoms with Gasteiger partial charge in [-0.25, -0.2) is 13.2 Å². The van der Waals surface area contributed by atoms with E-state index >= 15 is 0 Å². The summed E-state index contributed by atoms with van der Waals surface area (Å²) in [6, 6.07) is 15.9. The number of anilines is 1. The van der Waals surface area contributed by atoms with E-state index in [0.29, 0.717) is 37.6 Å². The van der Waals surface area contributed by atoms with E-state index in [1.807, 2.05) is 18.2 Å². The number of amides is 3. The highest BCUT2D eigenvalue weighted by Crippen LogP contribution is 2.38. The highest BCUT2D eigenvalue weighted by Gasteiger charge is 2.31.